The van der Waals surface area contributed by atoms with Crippen LogP contribution >= 0.6 is 11.3 Å². The highest BCUT2D eigenvalue weighted by Crippen LogP contribution is 2.26. The van der Waals surface area contributed by atoms with Crippen LogP contribution in [0.15, 0.2) is 48.1 Å². The topological polar surface area (TPSA) is 129 Å². The number of hydrogen-bond acceptors (Lipinski definition) is 8. The number of carbonyl (C=O) groups is 2. The normalized spacial score (nSPS) is 14.3. The lowest BCUT2D eigenvalue weighted by Gasteiger charge is -2.35. The van der Waals surface area contributed by atoms with Gasteiger partial charge in [-0.15, -0.1) is 11.3 Å². The van der Waals surface area contributed by atoms with Gasteiger partial charge in [-0.1, -0.05) is 24.0 Å². The second-order valence-corrected chi connectivity index (χ2v) is 10.5. The minimum Gasteiger partial charge on any atom is -0.373 e. The molecule has 2 aromatic heterocycles. The first-order valence-electron chi connectivity index (χ1n) is 10.4. The average Bonchev–Trinajstić information content (AvgIpc) is 3.47. The van der Waals surface area contributed by atoms with Crippen molar-refractivity contribution in [2.75, 3.05) is 38.4 Å². The lowest BCUT2D eigenvalue weighted by atomic mass is 10.0. The monoisotopic (exact) mass is 514 g/mol. The van der Waals surface area contributed by atoms with Gasteiger partial charge in [-0.05, 0) is 18.2 Å². The summed E-state index contributed by atoms with van der Waals surface area (Å²) >= 11 is 1.25. The Hall–Kier alpha value is -3.50. The molecule has 10 nitrogen and oxygen atoms in total. The Morgan fingerprint density at radius 1 is 1.31 bits per heavy atom. The maximum absolute atomic E-state index is 12.3. The molecule has 0 spiro atoms. The quantitative estimate of drug-likeness (QED) is 0.458. The van der Waals surface area contributed by atoms with E-state index >= 15 is 0 Å². The summed E-state index contributed by atoms with van der Waals surface area (Å²) < 4.78 is 34.6. The van der Waals surface area contributed by atoms with E-state index in [0.717, 1.165) is 21.4 Å². The number of benzene rings is 1. The van der Waals surface area contributed by atoms with Gasteiger partial charge in [-0.25, -0.2) is 13.4 Å². The number of carbonyl (C=O) groups excluding carboxylic acids is 2. The van der Waals surface area contributed by atoms with Crippen LogP contribution in [0.5, 0.6) is 0 Å². The van der Waals surface area contributed by atoms with Gasteiger partial charge in [-0.3, -0.25) is 13.6 Å². The van der Waals surface area contributed by atoms with Gasteiger partial charge in [0.15, 0.2) is 10.7 Å². The summed E-state index contributed by atoms with van der Waals surface area (Å²) in [5.74, 6) is 5.20. The smallest absolute Gasteiger partial charge is 0.253 e. The number of amides is 2. The Balaban J connectivity index is 1.34. The molecule has 3 heterocycles. The van der Waals surface area contributed by atoms with Crippen molar-refractivity contribution in [2.45, 2.75) is 5.60 Å². The van der Waals surface area contributed by atoms with Crippen molar-refractivity contribution < 1.29 is 27.5 Å². The van der Waals surface area contributed by atoms with Crippen LogP contribution in [0.25, 0.3) is 11.3 Å². The summed E-state index contributed by atoms with van der Waals surface area (Å²) in [4.78, 5) is 28.9. The molecule has 3 aromatic rings. The van der Waals surface area contributed by atoms with Crippen LogP contribution in [-0.2, 0) is 24.3 Å². The molecule has 4 rings (SSSR count). The van der Waals surface area contributed by atoms with E-state index in [9.17, 15) is 18.0 Å². The van der Waals surface area contributed by atoms with Gasteiger partial charge in [-0.2, -0.15) is 0 Å². The molecule has 35 heavy (non-hydrogen) atoms. The van der Waals surface area contributed by atoms with Crippen LogP contribution < -0.4 is 10.6 Å². The highest BCUT2D eigenvalue weighted by atomic mass is 32.2. The number of rotatable bonds is 7. The third kappa shape index (κ3) is 5.95. The van der Waals surface area contributed by atoms with Gasteiger partial charge in [0.2, 0.25) is 15.9 Å². The van der Waals surface area contributed by atoms with Crippen molar-refractivity contribution in [1.82, 2.24) is 14.3 Å². The van der Waals surface area contributed by atoms with Crippen molar-refractivity contribution in [3.8, 4) is 23.1 Å². The predicted molar refractivity (Wildman–Crippen MR) is 131 cm³/mol. The minimum atomic E-state index is -3.49. The predicted octanol–water partition coefficient (Wildman–Crippen LogP) is 1.55. The van der Waals surface area contributed by atoms with Gasteiger partial charge in [0, 0.05) is 36.0 Å². The molecule has 182 valence electrons. The van der Waals surface area contributed by atoms with Crippen molar-refractivity contribution in [3.05, 3.63) is 59.2 Å². The van der Waals surface area contributed by atoms with Gasteiger partial charge < -0.3 is 20.1 Å². The molecule has 0 radical (unpaired) electrons. The van der Waals surface area contributed by atoms with Crippen molar-refractivity contribution in [3.63, 3.8) is 0 Å². The number of thiazole rings is 1. The molecule has 1 aliphatic rings. The van der Waals surface area contributed by atoms with Gasteiger partial charge in [0.25, 0.3) is 5.91 Å². The molecule has 0 atom stereocenters. The number of ether oxygens (including phenoxy) is 2. The van der Waals surface area contributed by atoms with E-state index < -0.39 is 27.4 Å². The highest BCUT2D eigenvalue weighted by molar-refractivity contribution is 7.89. The van der Waals surface area contributed by atoms with Crippen LogP contribution in [0.4, 0.5) is 5.13 Å². The largest absolute Gasteiger partial charge is 0.373 e. The maximum Gasteiger partial charge on any atom is 0.253 e. The first kappa shape index (κ1) is 24.6. The molecule has 2 amide bonds. The molecule has 0 unspecified atom stereocenters. The SMILES string of the molecule is COC1(C#Cc2cccc(-c3csc(NC(=O)CNC(=O)c4ccn(S(C)(=O)=O)c4)n3)c2)COC1. The Morgan fingerprint density at radius 2 is 2.11 bits per heavy atom. The lowest BCUT2D eigenvalue weighted by Crippen LogP contribution is -2.50. The zero-order valence-corrected chi connectivity index (χ0v) is 20.5. The second-order valence-electron chi connectivity index (χ2n) is 7.78. The zero-order chi connectivity index (χ0) is 25.1. The van der Waals surface area contributed by atoms with E-state index in [1.807, 2.05) is 29.6 Å². The molecule has 0 aliphatic carbocycles. The van der Waals surface area contributed by atoms with Gasteiger partial charge in [0.1, 0.15) is 0 Å². The van der Waals surface area contributed by atoms with Crippen LogP contribution in [0, 0.1) is 11.8 Å². The minimum absolute atomic E-state index is 0.129. The molecule has 2 N–H and O–H groups in total. The second kappa shape index (κ2) is 10.0. The molecule has 1 aliphatic heterocycles. The zero-order valence-electron chi connectivity index (χ0n) is 18.9. The lowest BCUT2D eigenvalue weighted by molar-refractivity contribution is -0.159. The summed E-state index contributed by atoms with van der Waals surface area (Å²) in [7, 11) is -1.88. The van der Waals surface area contributed by atoms with E-state index in [1.54, 1.807) is 7.11 Å². The fraction of sp³-hybridized carbons (Fsp3) is 0.261. The third-order valence-corrected chi connectivity index (χ3v) is 6.88. The van der Waals surface area contributed by atoms with E-state index in [4.69, 9.17) is 9.47 Å². The standard InChI is InChI=1S/C23H22N4O6S2/c1-32-23(14-33-15-23)8-6-16-4-3-5-17(10-16)19-13-34-22(25-19)26-20(28)11-24-21(29)18-7-9-27(12-18)35(2,30)31/h3-5,7,9-10,12-13H,11,14-15H2,1-2H3,(H,24,29)(H,25,26,28). The molecule has 0 saturated carbocycles. The van der Waals surface area contributed by atoms with E-state index in [2.05, 4.69) is 27.5 Å². The van der Waals surface area contributed by atoms with Gasteiger partial charge in [0.05, 0.1) is 37.3 Å². The molecular formula is C23H22N4O6S2. The van der Waals surface area contributed by atoms with Crippen LogP contribution in [0.1, 0.15) is 15.9 Å². The fourth-order valence-corrected chi connectivity index (χ4v) is 4.40. The van der Waals surface area contributed by atoms with Crippen LogP contribution in [-0.4, -0.2) is 67.9 Å². The molecule has 1 saturated heterocycles. The number of hydrogen-bond donors (Lipinski definition) is 2. The Morgan fingerprint density at radius 3 is 2.77 bits per heavy atom. The fourth-order valence-electron chi connectivity index (χ4n) is 3.08. The number of nitrogens with one attached hydrogen (secondary N) is 2. The Labute approximate surface area is 206 Å². The van der Waals surface area contributed by atoms with Crippen LogP contribution in [0.3, 0.4) is 0 Å². The number of nitrogens with zero attached hydrogens (tertiary/aromatic N) is 2. The number of aromatic nitrogens is 2. The summed E-state index contributed by atoms with van der Waals surface area (Å²) in [6.07, 6.45) is 3.47. The average molecular weight is 515 g/mol. The first-order chi connectivity index (χ1) is 16.7. The van der Waals surface area contributed by atoms with Crippen molar-refractivity contribution in [1.29, 1.82) is 0 Å². The van der Waals surface area contributed by atoms with Crippen LogP contribution in [0.2, 0.25) is 0 Å². The maximum atomic E-state index is 12.3. The molecule has 1 aromatic carbocycles. The van der Waals surface area contributed by atoms with Crippen molar-refractivity contribution in [2.24, 2.45) is 0 Å². The number of methoxy groups -OCH3 is 1. The van der Waals surface area contributed by atoms with E-state index in [1.165, 1.54) is 29.8 Å². The summed E-state index contributed by atoms with van der Waals surface area (Å²) in [5.41, 5.74) is 1.89. The van der Waals surface area contributed by atoms with Crippen molar-refractivity contribution >= 4 is 38.3 Å². The van der Waals surface area contributed by atoms with E-state index in [-0.39, 0.29) is 12.1 Å². The Bertz CT molecular complexity index is 1420. The molecule has 12 heteroatoms. The molecule has 1 fully saturated rings. The number of anilines is 1. The van der Waals surface area contributed by atoms with Gasteiger partial charge >= 0.3 is 0 Å². The highest BCUT2D eigenvalue weighted by Gasteiger charge is 2.36. The first-order valence-corrected chi connectivity index (χ1v) is 13.1. The third-order valence-electron chi connectivity index (χ3n) is 5.13. The molecule has 0 bridgehead atoms. The molecular weight excluding hydrogens is 492 g/mol. The summed E-state index contributed by atoms with van der Waals surface area (Å²) in [6.45, 7) is 0.589. The summed E-state index contributed by atoms with van der Waals surface area (Å²) in [6, 6.07) is 8.92. The Kier molecular flexibility index (Phi) is 7.04. The van der Waals surface area contributed by atoms with E-state index in [0.29, 0.717) is 24.0 Å². The summed E-state index contributed by atoms with van der Waals surface area (Å²) in [5, 5.41) is 7.29.